The van der Waals surface area contributed by atoms with Gasteiger partial charge in [-0.2, -0.15) is 10.1 Å². The molecule has 0 fully saturated rings. The number of H-pyrrole nitrogens is 1. The zero-order valence-electron chi connectivity index (χ0n) is 15.4. The highest BCUT2D eigenvalue weighted by Crippen LogP contribution is 2.16. The van der Waals surface area contributed by atoms with Gasteiger partial charge in [-0.3, -0.25) is 29.0 Å². The fourth-order valence-electron chi connectivity index (χ4n) is 2.56. The van der Waals surface area contributed by atoms with Crippen LogP contribution in [-0.4, -0.2) is 30.2 Å². The van der Waals surface area contributed by atoms with Crippen LogP contribution < -0.4 is 16.7 Å². The maximum atomic E-state index is 12.3. The highest BCUT2D eigenvalue weighted by atomic mass is 35.5. The molecule has 2 heterocycles. The Kier molecular flexibility index (Phi) is 5.59. The second-order valence-electron chi connectivity index (χ2n) is 6.05. The minimum absolute atomic E-state index is 0.0275. The first kappa shape index (κ1) is 20.0. The summed E-state index contributed by atoms with van der Waals surface area (Å²) in [6.07, 6.45) is 3.12. The summed E-state index contributed by atoms with van der Waals surface area (Å²) in [6.45, 7) is 1.92. The zero-order chi connectivity index (χ0) is 21.1. The third kappa shape index (κ3) is 4.24. The van der Waals surface area contributed by atoms with Crippen molar-refractivity contribution in [3.63, 3.8) is 0 Å². The van der Waals surface area contributed by atoms with Gasteiger partial charge in [-0.25, -0.2) is 10.2 Å². The number of nitrogens with one attached hydrogen (secondary N) is 2. The number of aryl methyl sites for hydroxylation is 1. The summed E-state index contributed by atoms with van der Waals surface area (Å²) in [6, 6.07) is 5.81. The first-order valence-corrected chi connectivity index (χ1v) is 8.71. The number of hydrogen-bond acceptors (Lipinski definition) is 7. The van der Waals surface area contributed by atoms with Crippen molar-refractivity contribution in [2.24, 2.45) is 12.1 Å². The van der Waals surface area contributed by atoms with Gasteiger partial charge in [0.05, 0.1) is 11.1 Å². The van der Waals surface area contributed by atoms with E-state index in [2.05, 4.69) is 20.5 Å². The third-order valence-corrected chi connectivity index (χ3v) is 4.20. The van der Waals surface area contributed by atoms with Crippen LogP contribution in [0.5, 0.6) is 0 Å². The summed E-state index contributed by atoms with van der Waals surface area (Å²) < 4.78 is 2.75. The highest BCUT2D eigenvalue weighted by Gasteiger charge is 2.16. The maximum absolute atomic E-state index is 12.3. The van der Waals surface area contributed by atoms with E-state index in [0.29, 0.717) is 10.6 Å². The number of fused-ring (bicyclic) bond motifs is 1. The van der Waals surface area contributed by atoms with Crippen LogP contribution in [0.1, 0.15) is 12.5 Å². The number of aromatic amines is 1. The van der Waals surface area contributed by atoms with Gasteiger partial charge in [-0.15, -0.1) is 0 Å². The Bertz CT molecular complexity index is 1250. The van der Waals surface area contributed by atoms with Crippen molar-refractivity contribution in [1.82, 2.24) is 19.1 Å². The monoisotopic (exact) mass is 417 g/mol. The van der Waals surface area contributed by atoms with E-state index in [4.69, 9.17) is 11.6 Å². The van der Waals surface area contributed by atoms with Crippen LogP contribution in [0.2, 0.25) is 0 Å². The second kappa shape index (κ2) is 8.10. The molecule has 0 aliphatic carbocycles. The average molecular weight is 418 g/mol. The number of hydrazone groups is 1. The number of nitrogens with zero attached hydrogens (tertiary/aromatic N) is 5. The average Bonchev–Trinajstić information content (AvgIpc) is 3.04. The van der Waals surface area contributed by atoms with E-state index >= 15 is 0 Å². The number of nitro benzene ring substituents is 1. The minimum Gasteiger partial charge on any atom is -0.299 e. The SMILES string of the molecule is C/C(Cl)=C/Cn1c(NN=Cc2ccc([N+](=O)[O-])cc2)nc2c1c(=O)[nH]c(=O)n2C. The predicted molar refractivity (Wildman–Crippen MR) is 110 cm³/mol. The Labute approximate surface area is 168 Å². The van der Waals surface area contributed by atoms with Crippen molar-refractivity contribution in [2.75, 3.05) is 5.43 Å². The van der Waals surface area contributed by atoms with Gasteiger partial charge in [0.2, 0.25) is 5.95 Å². The smallest absolute Gasteiger partial charge is 0.299 e. The van der Waals surface area contributed by atoms with Gasteiger partial charge in [0, 0.05) is 30.8 Å². The number of rotatable bonds is 6. The molecule has 3 aromatic rings. The van der Waals surface area contributed by atoms with Gasteiger partial charge in [0.15, 0.2) is 11.2 Å². The van der Waals surface area contributed by atoms with Crippen molar-refractivity contribution in [2.45, 2.75) is 13.5 Å². The largest absolute Gasteiger partial charge is 0.329 e. The van der Waals surface area contributed by atoms with Crippen LogP contribution >= 0.6 is 11.6 Å². The number of aromatic nitrogens is 4. The molecule has 0 aliphatic rings. The van der Waals surface area contributed by atoms with E-state index in [1.165, 1.54) is 34.5 Å². The van der Waals surface area contributed by atoms with Crippen LogP contribution in [0, 0.1) is 10.1 Å². The molecule has 0 saturated heterocycles. The predicted octanol–water partition coefficient (Wildman–Crippen LogP) is 1.92. The number of nitro groups is 1. The van der Waals surface area contributed by atoms with Gasteiger partial charge in [-0.1, -0.05) is 17.7 Å². The molecule has 150 valence electrons. The normalized spacial score (nSPS) is 12.0. The lowest BCUT2D eigenvalue weighted by atomic mass is 10.2. The first-order chi connectivity index (χ1) is 13.8. The van der Waals surface area contributed by atoms with E-state index in [1.54, 1.807) is 25.1 Å². The molecule has 3 rings (SSSR count). The Morgan fingerprint density at radius 1 is 1.38 bits per heavy atom. The molecule has 0 unspecified atom stereocenters. The summed E-state index contributed by atoms with van der Waals surface area (Å²) in [4.78, 5) is 40.9. The standard InChI is InChI=1S/C17H16ClN7O4/c1-10(18)7-8-24-13-14(23(2)17(27)21-15(13)26)20-16(24)22-19-9-11-3-5-12(6-4-11)25(28)29/h3-7,9H,8H2,1-2H3,(H,20,22)(H,21,26,27)/b10-7-,19-9?. The van der Waals surface area contributed by atoms with Gasteiger partial charge in [-0.05, 0) is 24.6 Å². The van der Waals surface area contributed by atoms with Crippen LogP contribution in [-0.2, 0) is 13.6 Å². The van der Waals surface area contributed by atoms with E-state index in [1.807, 2.05) is 0 Å². The maximum Gasteiger partial charge on any atom is 0.329 e. The molecule has 0 radical (unpaired) electrons. The minimum atomic E-state index is -0.586. The fraction of sp³-hybridized carbons (Fsp3) is 0.176. The molecule has 11 nitrogen and oxygen atoms in total. The molecule has 1 aromatic carbocycles. The molecule has 29 heavy (non-hydrogen) atoms. The Morgan fingerprint density at radius 3 is 2.69 bits per heavy atom. The van der Waals surface area contributed by atoms with Crippen molar-refractivity contribution < 1.29 is 4.92 Å². The quantitative estimate of drug-likeness (QED) is 0.356. The summed E-state index contributed by atoms with van der Waals surface area (Å²) in [5.41, 5.74) is 2.53. The van der Waals surface area contributed by atoms with Gasteiger partial charge >= 0.3 is 5.69 Å². The molecule has 0 bridgehead atoms. The molecule has 0 amide bonds. The van der Waals surface area contributed by atoms with E-state index < -0.39 is 16.2 Å². The lowest BCUT2D eigenvalue weighted by molar-refractivity contribution is -0.384. The number of hydrogen-bond donors (Lipinski definition) is 2. The molecule has 0 atom stereocenters. The topological polar surface area (TPSA) is 140 Å². The van der Waals surface area contributed by atoms with Crippen molar-refractivity contribution in [1.29, 1.82) is 0 Å². The molecule has 2 N–H and O–H groups in total. The van der Waals surface area contributed by atoms with Crippen molar-refractivity contribution in [3.8, 4) is 0 Å². The van der Waals surface area contributed by atoms with E-state index in [-0.39, 0.29) is 29.3 Å². The zero-order valence-corrected chi connectivity index (χ0v) is 16.2. The summed E-state index contributed by atoms with van der Waals surface area (Å²) in [7, 11) is 1.49. The molecule has 0 saturated carbocycles. The van der Waals surface area contributed by atoms with Crippen LogP contribution in [0.15, 0.2) is 50.1 Å². The number of anilines is 1. The van der Waals surface area contributed by atoms with Crippen LogP contribution in [0.4, 0.5) is 11.6 Å². The Morgan fingerprint density at radius 2 is 2.07 bits per heavy atom. The number of non-ortho nitro benzene ring substituents is 1. The van der Waals surface area contributed by atoms with E-state index in [9.17, 15) is 19.7 Å². The number of imidazole rings is 1. The van der Waals surface area contributed by atoms with Gasteiger partial charge in [0.25, 0.3) is 11.2 Å². The Balaban J connectivity index is 1.98. The fourth-order valence-corrected chi connectivity index (χ4v) is 2.63. The highest BCUT2D eigenvalue weighted by molar-refractivity contribution is 6.29. The summed E-state index contributed by atoms with van der Waals surface area (Å²) in [5.74, 6) is 0.221. The Hall–Kier alpha value is -3.73. The molecule has 0 spiro atoms. The molecule has 0 aliphatic heterocycles. The number of allylic oxidation sites excluding steroid dienone is 2. The lowest BCUT2D eigenvalue weighted by Crippen LogP contribution is -2.29. The molecule has 2 aromatic heterocycles. The number of benzene rings is 1. The van der Waals surface area contributed by atoms with Crippen LogP contribution in [0.3, 0.4) is 0 Å². The number of halogens is 1. The lowest BCUT2D eigenvalue weighted by Gasteiger charge is -2.05. The second-order valence-corrected chi connectivity index (χ2v) is 6.64. The van der Waals surface area contributed by atoms with Gasteiger partial charge in [0.1, 0.15) is 0 Å². The van der Waals surface area contributed by atoms with Crippen molar-refractivity contribution >= 4 is 40.6 Å². The third-order valence-electron chi connectivity index (χ3n) is 4.04. The molecule has 12 heteroatoms. The molecular weight excluding hydrogens is 402 g/mol. The first-order valence-electron chi connectivity index (χ1n) is 8.33. The van der Waals surface area contributed by atoms with Gasteiger partial charge < -0.3 is 0 Å². The van der Waals surface area contributed by atoms with Crippen molar-refractivity contribution in [3.05, 3.63) is 71.9 Å². The summed E-state index contributed by atoms with van der Waals surface area (Å²) >= 11 is 5.90. The molecular formula is C17H16ClN7O4. The van der Waals surface area contributed by atoms with Crippen LogP contribution in [0.25, 0.3) is 11.2 Å². The summed E-state index contributed by atoms with van der Waals surface area (Å²) in [5, 5.41) is 15.3. The van der Waals surface area contributed by atoms with E-state index in [0.717, 1.165) is 0 Å².